The largest absolute Gasteiger partial charge is 0.454 e. The zero-order chi connectivity index (χ0) is 46.9. The van der Waals surface area contributed by atoms with Crippen molar-refractivity contribution >= 4 is 107 Å². The van der Waals surface area contributed by atoms with Crippen molar-refractivity contribution in [1.82, 2.24) is 0 Å². The molecule has 0 fully saturated rings. The van der Waals surface area contributed by atoms with E-state index >= 15 is 0 Å². The Balaban J connectivity index is 1.15. The van der Waals surface area contributed by atoms with Gasteiger partial charge >= 0.3 is 0 Å². The number of rotatable bonds is 5. The highest BCUT2D eigenvalue weighted by Crippen LogP contribution is 2.51. The Morgan fingerprint density at radius 1 is 0.515 bits per heavy atom. The van der Waals surface area contributed by atoms with Gasteiger partial charge in [-0.1, -0.05) is 147 Å². The summed E-state index contributed by atoms with van der Waals surface area (Å²) in [6.45, 7) is 20.6. The Morgan fingerprint density at radius 3 is 1.74 bits per heavy atom. The van der Waals surface area contributed by atoms with Gasteiger partial charge in [0.15, 0.2) is 5.58 Å². The molecule has 0 radical (unpaired) electrons. The molecule has 2 aromatic heterocycles. The minimum Gasteiger partial charge on any atom is -0.454 e. The standard InChI is InChI=1S/C62H60BN3OS/c1-60(2,3)39-28-32-42(33-29-39)64(43-34-30-40(31-35-43)61(4,5)6)44-36-37-49-53(38-44)66(52-26-16-22-46-45-21-15-23-48(62(7,8)9)57(45)67-58(46)52)51-25-17-24-50-55(51)63(49)59-56(47-20-13-14-27-54(47)68-59)65(50)41-18-11-10-12-19-41/h10-12,15-19,21-26,28-38H,13-14,20,27H2,1-9H3. The lowest BCUT2D eigenvalue weighted by atomic mass is 9.36. The predicted molar refractivity (Wildman–Crippen MR) is 293 cm³/mol. The molecule has 0 atom stereocenters. The van der Waals surface area contributed by atoms with E-state index in [2.05, 4.69) is 240 Å². The van der Waals surface area contributed by atoms with Crippen LogP contribution < -0.4 is 30.4 Å². The van der Waals surface area contributed by atoms with Gasteiger partial charge in [-0.2, -0.15) is 11.3 Å². The third-order valence-corrected chi connectivity index (χ3v) is 16.2. The fourth-order valence-electron chi connectivity index (χ4n) is 11.4. The van der Waals surface area contributed by atoms with E-state index in [0.29, 0.717) is 0 Å². The molecule has 9 aromatic rings. The van der Waals surface area contributed by atoms with Gasteiger partial charge in [-0.05, 0) is 136 Å². The van der Waals surface area contributed by atoms with E-state index in [4.69, 9.17) is 4.42 Å². The van der Waals surface area contributed by atoms with Crippen LogP contribution in [0.1, 0.15) is 102 Å². The van der Waals surface area contributed by atoms with Gasteiger partial charge < -0.3 is 19.1 Å². The number of fused-ring (bicyclic) bond motifs is 9. The molecule has 7 aromatic carbocycles. The van der Waals surface area contributed by atoms with Gasteiger partial charge in [0.2, 0.25) is 0 Å². The van der Waals surface area contributed by atoms with Crippen LogP contribution in [0.2, 0.25) is 0 Å². The third-order valence-electron chi connectivity index (χ3n) is 14.9. The number of aryl methyl sites for hydroxylation is 1. The summed E-state index contributed by atoms with van der Waals surface area (Å²) in [5, 5.41) is 2.28. The van der Waals surface area contributed by atoms with Crippen molar-refractivity contribution in [2.45, 2.75) is 104 Å². The molecular weight excluding hydrogens is 846 g/mol. The second-order valence-corrected chi connectivity index (χ2v) is 23.6. The van der Waals surface area contributed by atoms with E-state index in [1.165, 1.54) is 73.7 Å². The molecule has 0 unspecified atom stereocenters. The second-order valence-electron chi connectivity index (χ2n) is 22.4. The minimum absolute atomic E-state index is 0.0392. The quantitative estimate of drug-likeness (QED) is 0.161. The van der Waals surface area contributed by atoms with Crippen molar-refractivity contribution in [3.05, 3.63) is 179 Å². The summed E-state index contributed by atoms with van der Waals surface area (Å²) in [6, 6.07) is 57.3. The maximum absolute atomic E-state index is 7.26. The number of furan rings is 1. The average Bonchev–Trinajstić information content (AvgIpc) is 3.91. The summed E-state index contributed by atoms with van der Waals surface area (Å²) in [4.78, 5) is 9.15. The van der Waals surface area contributed by atoms with E-state index in [9.17, 15) is 0 Å². The zero-order valence-corrected chi connectivity index (χ0v) is 41.8. The van der Waals surface area contributed by atoms with Crippen molar-refractivity contribution in [3.63, 3.8) is 0 Å². The molecular formula is C62H60BN3OS. The average molecular weight is 906 g/mol. The van der Waals surface area contributed by atoms with Gasteiger partial charge in [0, 0.05) is 65.8 Å². The lowest BCUT2D eigenvalue weighted by Crippen LogP contribution is -2.60. The Morgan fingerprint density at radius 2 is 1.09 bits per heavy atom. The highest BCUT2D eigenvalue weighted by Gasteiger charge is 2.46. The van der Waals surface area contributed by atoms with Crippen LogP contribution in [0.5, 0.6) is 0 Å². The van der Waals surface area contributed by atoms with Crippen molar-refractivity contribution in [1.29, 1.82) is 0 Å². The SMILES string of the molecule is CC(C)(C)c1ccc(N(c2ccc(C(C)(C)C)cc2)c2ccc3c(c2)N(c2cccc4c2oc2c(C(C)(C)C)cccc24)c2cccc4c2B3c2sc3c(c2N4c2ccccc2)CCCC3)cc1. The van der Waals surface area contributed by atoms with Crippen LogP contribution in [0.3, 0.4) is 0 Å². The first-order valence-corrected chi connectivity index (χ1v) is 25.5. The summed E-state index contributed by atoms with van der Waals surface area (Å²) in [5.74, 6) is 0. The van der Waals surface area contributed by atoms with Gasteiger partial charge in [0.25, 0.3) is 6.71 Å². The number of thiophene rings is 1. The van der Waals surface area contributed by atoms with E-state index in [1.807, 2.05) is 0 Å². The molecule has 2 aliphatic heterocycles. The highest BCUT2D eigenvalue weighted by molar-refractivity contribution is 7.29. The highest BCUT2D eigenvalue weighted by atomic mass is 32.1. The molecule has 0 bridgehead atoms. The monoisotopic (exact) mass is 905 g/mol. The van der Waals surface area contributed by atoms with E-state index in [1.54, 1.807) is 10.4 Å². The molecule has 0 saturated carbocycles. The van der Waals surface area contributed by atoms with Crippen LogP contribution in [0.4, 0.5) is 51.2 Å². The lowest BCUT2D eigenvalue weighted by Gasteiger charge is -2.43. The number of hydrogen-bond donors (Lipinski definition) is 0. The molecule has 3 aliphatic rings. The molecule has 0 amide bonds. The van der Waals surface area contributed by atoms with Gasteiger partial charge in [0.05, 0.1) is 11.4 Å². The molecule has 0 N–H and O–H groups in total. The maximum Gasteiger partial charge on any atom is 0.264 e. The third kappa shape index (κ3) is 6.77. The lowest BCUT2D eigenvalue weighted by molar-refractivity contribution is 0.573. The van der Waals surface area contributed by atoms with Crippen molar-refractivity contribution < 1.29 is 4.42 Å². The fraction of sp³-hybridized carbons (Fsp3) is 0.258. The van der Waals surface area contributed by atoms with Crippen LogP contribution in [-0.4, -0.2) is 6.71 Å². The molecule has 1 aliphatic carbocycles. The van der Waals surface area contributed by atoms with E-state index < -0.39 is 0 Å². The van der Waals surface area contributed by atoms with Gasteiger partial charge in [-0.25, -0.2) is 0 Å². The van der Waals surface area contributed by atoms with Crippen molar-refractivity contribution in [3.8, 4) is 0 Å². The number of nitrogens with zero attached hydrogens (tertiary/aromatic N) is 3. The molecule has 6 heteroatoms. The molecule has 338 valence electrons. The first-order chi connectivity index (χ1) is 32.6. The molecule has 68 heavy (non-hydrogen) atoms. The Labute approximate surface area is 406 Å². The number of para-hydroxylation sites is 3. The predicted octanol–water partition coefficient (Wildman–Crippen LogP) is 16.0. The van der Waals surface area contributed by atoms with Crippen LogP contribution in [0.25, 0.3) is 21.9 Å². The summed E-state index contributed by atoms with van der Waals surface area (Å²) in [6.07, 6.45) is 4.73. The molecule has 0 saturated heterocycles. The van der Waals surface area contributed by atoms with Crippen molar-refractivity contribution in [2.24, 2.45) is 0 Å². The van der Waals surface area contributed by atoms with Gasteiger partial charge in [-0.15, -0.1) is 0 Å². The maximum atomic E-state index is 7.26. The Hall–Kier alpha value is -6.50. The summed E-state index contributed by atoms with van der Waals surface area (Å²) >= 11 is 2.07. The first kappa shape index (κ1) is 42.8. The fourth-order valence-corrected chi connectivity index (χ4v) is 12.9. The minimum atomic E-state index is -0.0933. The van der Waals surface area contributed by atoms with Crippen LogP contribution in [0.15, 0.2) is 156 Å². The first-order valence-electron chi connectivity index (χ1n) is 24.7. The normalized spacial score (nSPS) is 14.5. The molecule has 4 heterocycles. The number of anilines is 9. The summed E-state index contributed by atoms with van der Waals surface area (Å²) in [7, 11) is 0. The van der Waals surface area contributed by atoms with E-state index in [0.717, 1.165) is 57.5 Å². The van der Waals surface area contributed by atoms with Gasteiger partial charge in [-0.3, -0.25) is 0 Å². The molecule has 12 rings (SSSR count). The Kier molecular flexibility index (Phi) is 9.77. The number of hydrogen-bond acceptors (Lipinski definition) is 5. The Bertz CT molecular complexity index is 3360. The smallest absolute Gasteiger partial charge is 0.264 e. The zero-order valence-electron chi connectivity index (χ0n) is 41.0. The topological polar surface area (TPSA) is 22.9 Å². The molecule has 0 spiro atoms. The van der Waals surface area contributed by atoms with Crippen molar-refractivity contribution in [2.75, 3.05) is 14.7 Å². The van der Waals surface area contributed by atoms with Crippen LogP contribution >= 0.6 is 11.3 Å². The summed E-state index contributed by atoms with van der Waals surface area (Å²) in [5.41, 5.74) is 20.6. The number of benzene rings is 7. The second kappa shape index (κ2) is 15.5. The summed E-state index contributed by atoms with van der Waals surface area (Å²) < 4.78 is 8.71. The van der Waals surface area contributed by atoms with E-state index in [-0.39, 0.29) is 23.0 Å². The van der Waals surface area contributed by atoms with Crippen LogP contribution in [0, 0.1) is 0 Å². The molecule has 4 nitrogen and oxygen atoms in total. The van der Waals surface area contributed by atoms with Gasteiger partial charge in [0.1, 0.15) is 5.58 Å². The van der Waals surface area contributed by atoms with Crippen LogP contribution in [-0.2, 0) is 29.1 Å².